The van der Waals surface area contributed by atoms with Gasteiger partial charge in [-0.25, -0.2) is 0 Å². The van der Waals surface area contributed by atoms with Gasteiger partial charge in [-0.2, -0.15) is 0 Å². The van der Waals surface area contributed by atoms with Crippen LogP contribution >= 0.6 is 0 Å². The van der Waals surface area contributed by atoms with Gasteiger partial charge in [-0.1, -0.05) is 6.92 Å². The fraction of sp³-hybridized carbons (Fsp3) is 0.846. The van der Waals surface area contributed by atoms with Gasteiger partial charge in [0.25, 0.3) is 0 Å². The van der Waals surface area contributed by atoms with Gasteiger partial charge < -0.3 is 15.7 Å². The van der Waals surface area contributed by atoms with Gasteiger partial charge in [0.05, 0.1) is 11.8 Å². The Morgan fingerprint density at radius 3 is 2.33 bits per heavy atom. The van der Waals surface area contributed by atoms with E-state index >= 15 is 0 Å². The molecule has 1 aliphatic heterocycles. The molecule has 0 bridgehead atoms. The lowest BCUT2D eigenvalue weighted by molar-refractivity contribution is -0.140. The van der Waals surface area contributed by atoms with Crippen molar-refractivity contribution in [1.29, 1.82) is 0 Å². The average molecular weight is 256 g/mol. The Kier molecular flexibility index (Phi) is 4.73. The third kappa shape index (κ3) is 3.70. The SMILES string of the molecule is CCC1(C(=O)NC(C)(C)CC(=O)O)CCNCC1. The van der Waals surface area contributed by atoms with Crippen molar-refractivity contribution in [1.82, 2.24) is 10.6 Å². The number of carboxylic acids is 1. The van der Waals surface area contributed by atoms with Gasteiger partial charge >= 0.3 is 5.97 Å². The van der Waals surface area contributed by atoms with E-state index in [1.165, 1.54) is 0 Å². The molecule has 1 heterocycles. The van der Waals surface area contributed by atoms with Crippen molar-refractivity contribution >= 4 is 11.9 Å². The van der Waals surface area contributed by atoms with Crippen LogP contribution in [-0.2, 0) is 9.59 Å². The molecule has 0 atom stereocenters. The number of carbonyl (C=O) groups is 2. The number of nitrogens with one attached hydrogen (secondary N) is 2. The summed E-state index contributed by atoms with van der Waals surface area (Å²) in [6.45, 7) is 7.23. The molecule has 0 unspecified atom stereocenters. The first-order valence-electron chi connectivity index (χ1n) is 6.56. The highest BCUT2D eigenvalue weighted by Crippen LogP contribution is 2.33. The molecule has 0 aromatic heterocycles. The van der Waals surface area contributed by atoms with Crippen molar-refractivity contribution in [2.45, 2.75) is 52.0 Å². The van der Waals surface area contributed by atoms with Crippen LogP contribution in [0.5, 0.6) is 0 Å². The molecule has 0 radical (unpaired) electrons. The second-order valence-corrected chi connectivity index (χ2v) is 5.79. The molecule has 1 rings (SSSR count). The molecule has 1 fully saturated rings. The predicted octanol–water partition coefficient (Wildman–Crippen LogP) is 1.14. The molecular formula is C13H24N2O3. The molecular weight excluding hydrogens is 232 g/mol. The van der Waals surface area contributed by atoms with Gasteiger partial charge in [0.15, 0.2) is 0 Å². The lowest BCUT2D eigenvalue weighted by Crippen LogP contribution is -2.54. The molecule has 0 aromatic carbocycles. The van der Waals surface area contributed by atoms with Crippen molar-refractivity contribution in [3.8, 4) is 0 Å². The highest BCUT2D eigenvalue weighted by atomic mass is 16.4. The first-order chi connectivity index (χ1) is 8.31. The first-order valence-corrected chi connectivity index (χ1v) is 6.56. The van der Waals surface area contributed by atoms with Gasteiger partial charge in [0.2, 0.25) is 5.91 Å². The Balaban J connectivity index is 2.70. The molecule has 0 spiro atoms. The van der Waals surface area contributed by atoms with E-state index in [4.69, 9.17) is 5.11 Å². The maximum atomic E-state index is 12.4. The highest BCUT2D eigenvalue weighted by molar-refractivity contribution is 5.84. The maximum Gasteiger partial charge on any atom is 0.305 e. The van der Waals surface area contributed by atoms with E-state index in [1.807, 2.05) is 6.92 Å². The fourth-order valence-electron chi connectivity index (χ4n) is 2.51. The Labute approximate surface area is 108 Å². The molecule has 18 heavy (non-hydrogen) atoms. The van der Waals surface area contributed by atoms with Crippen LogP contribution in [0.4, 0.5) is 0 Å². The van der Waals surface area contributed by atoms with E-state index in [2.05, 4.69) is 10.6 Å². The van der Waals surface area contributed by atoms with Crippen LogP contribution < -0.4 is 10.6 Å². The zero-order valence-corrected chi connectivity index (χ0v) is 11.5. The highest BCUT2D eigenvalue weighted by Gasteiger charge is 2.40. The van der Waals surface area contributed by atoms with Crippen molar-refractivity contribution in [2.24, 2.45) is 5.41 Å². The number of hydrogen-bond donors (Lipinski definition) is 3. The summed E-state index contributed by atoms with van der Waals surface area (Å²) in [5, 5.41) is 15.0. The van der Waals surface area contributed by atoms with Crippen LogP contribution in [0.3, 0.4) is 0 Å². The molecule has 0 saturated carbocycles. The molecule has 1 amide bonds. The van der Waals surface area contributed by atoms with Crippen LogP contribution in [0.25, 0.3) is 0 Å². The predicted molar refractivity (Wildman–Crippen MR) is 69.3 cm³/mol. The largest absolute Gasteiger partial charge is 0.481 e. The first kappa shape index (κ1) is 15.0. The Morgan fingerprint density at radius 2 is 1.89 bits per heavy atom. The zero-order chi connectivity index (χ0) is 13.8. The van der Waals surface area contributed by atoms with E-state index in [9.17, 15) is 9.59 Å². The second-order valence-electron chi connectivity index (χ2n) is 5.79. The summed E-state index contributed by atoms with van der Waals surface area (Å²) in [5.41, 5.74) is -1.03. The van der Waals surface area contributed by atoms with Crippen LogP contribution in [-0.4, -0.2) is 35.6 Å². The number of amides is 1. The normalized spacial score (nSPS) is 19.3. The van der Waals surface area contributed by atoms with Crippen LogP contribution in [0.1, 0.15) is 46.5 Å². The third-order valence-corrected chi connectivity index (χ3v) is 3.76. The minimum absolute atomic E-state index is 0.00208. The summed E-state index contributed by atoms with van der Waals surface area (Å²) >= 11 is 0. The summed E-state index contributed by atoms with van der Waals surface area (Å²) in [6, 6.07) is 0. The summed E-state index contributed by atoms with van der Waals surface area (Å²) in [5.74, 6) is -0.895. The zero-order valence-electron chi connectivity index (χ0n) is 11.5. The number of aliphatic carboxylic acids is 1. The molecule has 0 aliphatic carbocycles. The number of piperidine rings is 1. The van der Waals surface area contributed by atoms with Crippen LogP contribution in [0, 0.1) is 5.41 Å². The molecule has 104 valence electrons. The van der Waals surface area contributed by atoms with E-state index in [0.29, 0.717) is 0 Å². The van der Waals surface area contributed by atoms with Crippen molar-refractivity contribution in [3.05, 3.63) is 0 Å². The van der Waals surface area contributed by atoms with Gasteiger partial charge in [-0.05, 0) is 46.2 Å². The van der Waals surface area contributed by atoms with Crippen molar-refractivity contribution in [3.63, 3.8) is 0 Å². The van der Waals surface area contributed by atoms with Crippen LogP contribution in [0.15, 0.2) is 0 Å². The van der Waals surface area contributed by atoms with E-state index in [-0.39, 0.29) is 17.7 Å². The second kappa shape index (κ2) is 5.69. The third-order valence-electron chi connectivity index (χ3n) is 3.76. The van der Waals surface area contributed by atoms with Crippen LogP contribution in [0.2, 0.25) is 0 Å². The molecule has 5 nitrogen and oxygen atoms in total. The summed E-state index contributed by atoms with van der Waals surface area (Å²) in [4.78, 5) is 23.2. The fourth-order valence-corrected chi connectivity index (χ4v) is 2.51. The number of carboxylic acid groups (broad SMARTS) is 1. The molecule has 1 saturated heterocycles. The minimum Gasteiger partial charge on any atom is -0.481 e. The summed E-state index contributed by atoms with van der Waals surface area (Å²) in [6.07, 6.45) is 2.37. The number of hydrogen-bond acceptors (Lipinski definition) is 3. The van der Waals surface area contributed by atoms with Gasteiger partial charge in [-0.15, -0.1) is 0 Å². The van der Waals surface area contributed by atoms with Crippen molar-refractivity contribution in [2.75, 3.05) is 13.1 Å². The minimum atomic E-state index is -0.892. The van der Waals surface area contributed by atoms with E-state index < -0.39 is 11.5 Å². The Hall–Kier alpha value is -1.10. The lowest BCUT2D eigenvalue weighted by Gasteiger charge is -2.38. The lowest BCUT2D eigenvalue weighted by atomic mass is 9.75. The monoisotopic (exact) mass is 256 g/mol. The van der Waals surface area contributed by atoms with Gasteiger partial charge in [0.1, 0.15) is 0 Å². The Morgan fingerprint density at radius 1 is 1.33 bits per heavy atom. The molecule has 1 aliphatic rings. The summed E-state index contributed by atoms with van der Waals surface area (Å²) in [7, 11) is 0. The maximum absolute atomic E-state index is 12.4. The summed E-state index contributed by atoms with van der Waals surface area (Å²) < 4.78 is 0. The van der Waals surface area contributed by atoms with Gasteiger partial charge in [0, 0.05) is 5.54 Å². The Bertz CT molecular complexity index is 320. The smallest absolute Gasteiger partial charge is 0.305 e. The average Bonchev–Trinajstić information content (AvgIpc) is 2.27. The topological polar surface area (TPSA) is 78.4 Å². The molecule has 5 heteroatoms. The van der Waals surface area contributed by atoms with Gasteiger partial charge in [-0.3, -0.25) is 9.59 Å². The van der Waals surface area contributed by atoms with E-state index in [0.717, 1.165) is 32.4 Å². The number of rotatable bonds is 5. The standard InChI is InChI=1S/C13H24N2O3/c1-4-13(5-7-14-8-6-13)11(18)15-12(2,3)9-10(16)17/h14H,4-9H2,1-3H3,(H,15,18)(H,16,17). The molecule has 0 aromatic rings. The molecule has 3 N–H and O–H groups in total. The number of carbonyl (C=O) groups excluding carboxylic acids is 1. The quantitative estimate of drug-likeness (QED) is 0.689. The van der Waals surface area contributed by atoms with Crippen molar-refractivity contribution < 1.29 is 14.7 Å². The van der Waals surface area contributed by atoms with E-state index in [1.54, 1.807) is 13.8 Å².